The molecule has 1 saturated heterocycles. The zero-order chi connectivity index (χ0) is 16.9. The molecule has 0 saturated carbocycles. The number of amides is 1. The van der Waals surface area contributed by atoms with Crippen LogP contribution in [0.1, 0.15) is 5.56 Å². The minimum absolute atomic E-state index is 0.0432. The molecule has 1 aliphatic rings. The van der Waals surface area contributed by atoms with Crippen molar-refractivity contribution in [2.45, 2.75) is 6.92 Å². The van der Waals surface area contributed by atoms with Gasteiger partial charge >= 0.3 is 0 Å². The number of nitrogens with zero attached hydrogens (tertiary/aromatic N) is 2. The van der Waals surface area contributed by atoms with Gasteiger partial charge in [-0.1, -0.05) is 34.1 Å². The smallest absolute Gasteiger partial charge is 0.238 e. The molecule has 1 fully saturated rings. The Morgan fingerprint density at radius 1 is 1.04 bits per heavy atom. The van der Waals surface area contributed by atoms with Crippen LogP contribution >= 0.6 is 15.9 Å². The standard InChI is InChI=1S/C19H22BrN3O/c1-15-4-2-3-5-18(15)23-12-10-22(11-13-23)14-19(24)21-17-8-6-16(20)7-9-17/h2-9H,10-14H2,1H3,(H,21,24). The second-order valence-electron chi connectivity index (χ2n) is 6.10. The van der Waals surface area contributed by atoms with Gasteiger partial charge in [0.1, 0.15) is 0 Å². The van der Waals surface area contributed by atoms with Crippen LogP contribution in [0.15, 0.2) is 53.0 Å². The summed E-state index contributed by atoms with van der Waals surface area (Å²) in [7, 11) is 0. The first-order chi connectivity index (χ1) is 11.6. The normalized spacial score (nSPS) is 15.3. The lowest BCUT2D eigenvalue weighted by Gasteiger charge is -2.36. The number of carbonyl (C=O) groups excluding carboxylic acids is 1. The van der Waals surface area contributed by atoms with Crippen LogP contribution in [-0.2, 0) is 4.79 Å². The van der Waals surface area contributed by atoms with E-state index in [9.17, 15) is 4.79 Å². The van der Waals surface area contributed by atoms with Gasteiger partial charge in [-0.25, -0.2) is 0 Å². The van der Waals surface area contributed by atoms with E-state index in [4.69, 9.17) is 0 Å². The highest BCUT2D eigenvalue weighted by atomic mass is 79.9. The van der Waals surface area contributed by atoms with E-state index >= 15 is 0 Å². The number of halogens is 1. The third-order valence-corrected chi connectivity index (χ3v) is 4.85. The summed E-state index contributed by atoms with van der Waals surface area (Å²) in [4.78, 5) is 16.8. The zero-order valence-corrected chi connectivity index (χ0v) is 15.4. The van der Waals surface area contributed by atoms with Gasteiger partial charge in [-0.05, 0) is 42.8 Å². The maximum absolute atomic E-state index is 12.2. The summed E-state index contributed by atoms with van der Waals surface area (Å²) in [5, 5.41) is 2.95. The van der Waals surface area contributed by atoms with Gasteiger partial charge < -0.3 is 10.2 Å². The maximum atomic E-state index is 12.2. The third-order valence-electron chi connectivity index (χ3n) is 4.32. The van der Waals surface area contributed by atoms with Crippen molar-refractivity contribution in [3.63, 3.8) is 0 Å². The first kappa shape index (κ1) is 17.0. The molecule has 0 aliphatic carbocycles. The molecule has 3 rings (SSSR count). The number of piperazine rings is 1. The molecule has 1 amide bonds. The number of rotatable bonds is 4. The summed E-state index contributed by atoms with van der Waals surface area (Å²) in [6, 6.07) is 16.1. The zero-order valence-electron chi connectivity index (χ0n) is 13.8. The van der Waals surface area contributed by atoms with Crippen LogP contribution in [0.5, 0.6) is 0 Å². The summed E-state index contributed by atoms with van der Waals surface area (Å²) in [5.41, 5.74) is 3.44. The molecule has 4 nitrogen and oxygen atoms in total. The largest absolute Gasteiger partial charge is 0.369 e. The van der Waals surface area contributed by atoms with Gasteiger partial charge in [0.15, 0.2) is 0 Å². The summed E-state index contributed by atoms with van der Waals surface area (Å²) in [5.74, 6) is 0.0432. The van der Waals surface area contributed by atoms with Gasteiger partial charge in [-0.2, -0.15) is 0 Å². The summed E-state index contributed by atoms with van der Waals surface area (Å²) < 4.78 is 1.01. The molecule has 126 valence electrons. The maximum Gasteiger partial charge on any atom is 0.238 e. The molecule has 2 aromatic carbocycles. The molecular weight excluding hydrogens is 366 g/mol. The molecule has 0 atom stereocenters. The fourth-order valence-corrected chi connectivity index (χ4v) is 3.27. The molecule has 0 bridgehead atoms. The number of hydrogen-bond donors (Lipinski definition) is 1. The van der Waals surface area contributed by atoms with Gasteiger partial charge in [0.2, 0.25) is 5.91 Å². The van der Waals surface area contributed by atoms with Crippen molar-refractivity contribution in [1.29, 1.82) is 0 Å². The van der Waals surface area contributed by atoms with E-state index in [1.807, 2.05) is 24.3 Å². The van der Waals surface area contributed by atoms with E-state index in [2.05, 4.69) is 62.2 Å². The minimum atomic E-state index is 0.0432. The highest BCUT2D eigenvalue weighted by molar-refractivity contribution is 9.10. The van der Waals surface area contributed by atoms with Gasteiger partial charge in [-0.15, -0.1) is 0 Å². The topological polar surface area (TPSA) is 35.6 Å². The number of anilines is 2. The van der Waals surface area contributed by atoms with Crippen molar-refractivity contribution in [3.05, 3.63) is 58.6 Å². The number of carbonyl (C=O) groups is 1. The monoisotopic (exact) mass is 387 g/mol. The van der Waals surface area contributed by atoms with Crippen molar-refractivity contribution in [2.24, 2.45) is 0 Å². The van der Waals surface area contributed by atoms with Crippen LogP contribution < -0.4 is 10.2 Å². The van der Waals surface area contributed by atoms with Crippen molar-refractivity contribution in [2.75, 3.05) is 42.9 Å². The molecule has 2 aromatic rings. The van der Waals surface area contributed by atoms with E-state index in [0.29, 0.717) is 6.54 Å². The summed E-state index contributed by atoms with van der Waals surface area (Å²) >= 11 is 3.40. The minimum Gasteiger partial charge on any atom is -0.369 e. The number of para-hydroxylation sites is 1. The predicted octanol–water partition coefficient (Wildman–Crippen LogP) is 3.52. The Morgan fingerprint density at radius 2 is 1.71 bits per heavy atom. The van der Waals surface area contributed by atoms with Crippen molar-refractivity contribution in [3.8, 4) is 0 Å². The lowest BCUT2D eigenvalue weighted by atomic mass is 10.1. The molecule has 0 spiro atoms. The molecule has 5 heteroatoms. The van der Waals surface area contributed by atoms with E-state index in [1.54, 1.807) is 0 Å². The van der Waals surface area contributed by atoms with Crippen molar-refractivity contribution >= 4 is 33.2 Å². The second kappa shape index (κ2) is 7.81. The third kappa shape index (κ3) is 4.36. The quantitative estimate of drug-likeness (QED) is 0.871. The Bertz CT molecular complexity index is 694. The lowest BCUT2D eigenvalue weighted by Crippen LogP contribution is -2.48. The first-order valence-corrected chi connectivity index (χ1v) is 8.99. The number of nitrogens with one attached hydrogen (secondary N) is 1. The average molecular weight is 388 g/mol. The SMILES string of the molecule is Cc1ccccc1N1CCN(CC(=O)Nc2ccc(Br)cc2)CC1. The Hall–Kier alpha value is -1.85. The number of aryl methyl sites for hydroxylation is 1. The van der Waals surface area contributed by atoms with Crippen LogP contribution in [0, 0.1) is 6.92 Å². The lowest BCUT2D eigenvalue weighted by molar-refractivity contribution is -0.117. The van der Waals surface area contributed by atoms with E-state index in [-0.39, 0.29) is 5.91 Å². The van der Waals surface area contributed by atoms with Crippen LogP contribution in [0.25, 0.3) is 0 Å². The molecule has 0 unspecified atom stereocenters. The Balaban J connectivity index is 1.49. The van der Waals surface area contributed by atoms with E-state index in [1.165, 1.54) is 11.3 Å². The van der Waals surface area contributed by atoms with Crippen LogP contribution in [0.4, 0.5) is 11.4 Å². The molecule has 1 N–H and O–H groups in total. The van der Waals surface area contributed by atoms with Crippen molar-refractivity contribution in [1.82, 2.24) is 4.90 Å². The van der Waals surface area contributed by atoms with E-state index in [0.717, 1.165) is 36.3 Å². The fourth-order valence-electron chi connectivity index (χ4n) is 3.00. The fraction of sp³-hybridized carbons (Fsp3) is 0.316. The predicted molar refractivity (Wildman–Crippen MR) is 103 cm³/mol. The van der Waals surface area contributed by atoms with Gasteiger partial charge in [0, 0.05) is 42.0 Å². The second-order valence-corrected chi connectivity index (χ2v) is 7.02. The molecule has 24 heavy (non-hydrogen) atoms. The molecule has 1 heterocycles. The molecular formula is C19H22BrN3O. The summed E-state index contributed by atoms with van der Waals surface area (Å²) in [6.45, 7) is 6.31. The Kier molecular flexibility index (Phi) is 5.53. The highest BCUT2D eigenvalue weighted by Crippen LogP contribution is 2.20. The van der Waals surface area contributed by atoms with Crippen molar-refractivity contribution < 1.29 is 4.79 Å². The molecule has 1 aliphatic heterocycles. The number of benzene rings is 2. The Morgan fingerprint density at radius 3 is 2.38 bits per heavy atom. The number of hydrogen-bond acceptors (Lipinski definition) is 3. The molecule has 0 aromatic heterocycles. The van der Waals surface area contributed by atoms with Crippen LogP contribution in [-0.4, -0.2) is 43.5 Å². The first-order valence-electron chi connectivity index (χ1n) is 8.20. The summed E-state index contributed by atoms with van der Waals surface area (Å²) in [6.07, 6.45) is 0. The van der Waals surface area contributed by atoms with Crippen LogP contribution in [0.3, 0.4) is 0 Å². The Labute approximate surface area is 151 Å². The van der Waals surface area contributed by atoms with Gasteiger partial charge in [-0.3, -0.25) is 9.69 Å². The highest BCUT2D eigenvalue weighted by Gasteiger charge is 2.20. The van der Waals surface area contributed by atoms with Gasteiger partial charge in [0.25, 0.3) is 0 Å². The van der Waals surface area contributed by atoms with Gasteiger partial charge in [0.05, 0.1) is 6.54 Å². The molecule has 0 radical (unpaired) electrons. The van der Waals surface area contributed by atoms with Crippen LogP contribution in [0.2, 0.25) is 0 Å². The van der Waals surface area contributed by atoms with E-state index < -0.39 is 0 Å². The average Bonchev–Trinajstić information content (AvgIpc) is 2.58.